The Morgan fingerprint density at radius 2 is 1.93 bits per heavy atom. The van der Waals surface area contributed by atoms with E-state index in [2.05, 4.69) is 4.72 Å². The van der Waals surface area contributed by atoms with Crippen LogP contribution in [0.5, 0.6) is 11.5 Å². The van der Waals surface area contributed by atoms with Crippen LogP contribution in [0.2, 0.25) is 0 Å². The molecule has 3 rings (SSSR count). The molecule has 30 heavy (non-hydrogen) atoms. The van der Waals surface area contributed by atoms with Gasteiger partial charge in [-0.15, -0.1) is 0 Å². The topological polar surface area (TPSA) is 84.9 Å². The fraction of sp³-hybridized carbons (Fsp3) is 0.409. The number of carbonyl (C=O) groups is 1. The lowest BCUT2D eigenvalue weighted by Gasteiger charge is -2.29. The predicted octanol–water partition coefficient (Wildman–Crippen LogP) is 3.90. The van der Waals surface area contributed by atoms with E-state index in [9.17, 15) is 13.2 Å². The van der Waals surface area contributed by atoms with Gasteiger partial charge in [-0.2, -0.15) is 0 Å². The molecule has 0 unspecified atom stereocenters. The Bertz CT molecular complexity index is 1050. The molecule has 0 aliphatic carbocycles. The maximum absolute atomic E-state index is 13.1. The van der Waals surface area contributed by atoms with Crippen LogP contribution in [0.4, 0.5) is 11.4 Å². The predicted molar refractivity (Wildman–Crippen MR) is 117 cm³/mol. The highest BCUT2D eigenvalue weighted by Crippen LogP contribution is 2.39. The normalized spacial score (nSPS) is 15.9. The number of anilines is 2. The van der Waals surface area contributed by atoms with Gasteiger partial charge in [0.1, 0.15) is 18.1 Å². The third kappa shape index (κ3) is 4.53. The van der Waals surface area contributed by atoms with Crippen LogP contribution in [0, 0.1) is 11.3 Å². The number of fused-ring (bicyclic) bond motifs is 1. The van der Waals surface area contributed by atoms with Gasteiger partial charge in [0.15, 0.2) is 0 Å². The van der Waals surface area contributed by atoms with Gasteiger partial charge in [0.25, 0.3) is 10.0 Å². The van der Waals surface area contributed by atoms with E-state index in [1.165, 1.54) is 19.2 Å². The zero-order valence-electron chi connectivity index (χ0n) is 17.9. The number of ether oxygens (including phenoxy) is 2. The SMILES string of the molecule is COc1cccc(S(=O)(=O)Nc2ccc3c(c2)N(CC(C)C)C(=O)C(C)(C)CO3)c1. The van der Waals surface area contributed by atoms with Crippen molar-refractivity contribution < 1.29 is 22.7 Å². The van der Waals surface area contributed by atoms with Crippen molar-refractivity contribution in [2.45, 2.75) is 32.6 Å². The van der Waals surface area contributed by atoms with Gasteiger partial charge in [-0.05, 0) is 50.1 Å². The van der Waals surface area contributed by atoms with Crippen molar-refractivity contribution in [3.05, 3.63) is 42.5 Å². The maximum atomic E-state index is 13.1. The summed E-state index contributed by atoms with van der Waals surface area (Å²) in [6.45, 7) is 8.51. The number of amides is 1. The number of sulfonamides is 1. The first-order chi connectivity index (χ1) is 14.0. The Balaban J connectivity index is 1.99. The van der Waals surface area contributed by atoms with Gasteiger partial charge in [0.05, 0.1) is 28.8 Å². The van der Waals surface area contributed by atoms with E-state index in [1.54, 1.807) is 35.2 Å². The van der Waals surface area contributed by atoms with Crippen molar-refractivity contribution in [2.24, 2.45) is 11.3 Å². The third-order valence-electron chi connectivity index (χ3n) is 4.81. The van der Waals surface area contributed by atoms with Gasteiger partial charge < -0.3 is 14.4 Å². The van der Waals surface area contributed by atoms with Crippen LogP contribution in [0.25, 0.3) is 0 Å². The fourth-order valence-corrected chi connectivity index (χ4v) is 4.32. The number of hydrogen-bond donors (Lipinski definition) is 1. The maximum Gasteiger partial charge on any atom is 0.262 e. The van der Waals surface area contributed by atoms with Crippen LogP contribution in [-0.2, 0) is 14.8 Å². The van der Waals surface area contributed by atoms with E-state index >= 15 is 0 Å². The first-order valence-electron chi connectivity index (χ1n) is 9.79. The molecule has 162 valence electrons. The molecule has 1 aliphatic heterocycles. The Labute approximate surface area is 178 Å². The van der Waals surface area contributed by atoms with E-state index in [1.807, 2.05) is 27.7 Å². The summed E-state index contributed by atoms with van der Waals surface area (Å²) in [5.41, 5.74) is 0.223. The second-order valence-electron chi connectivity index (χ2n) is 8.45. The summed E-state index contributed by atoms with van der Waals surface area (Å²) in [6.07, 6.45) is 0. The molecule has 0 radical (unpaired) electrons. The molecule has 1 heterocycles. The van der Waals surface area contributed by atoms with E-state index in [4.69, 9.17) is 9.47 Å². The molecule has 0 spiro atoms. The molecule has 1 aliphatic rings. The summed E-state index contributed by atoms with van der Waals surface area (Å²) in [4.78, 5) is 14.9. The van der Waals surface area contributed by atoms with Crippen molar-refractivity contribution in [1.82, 2.24) is 0 Å². The highest BCUT2D eigenvalue weighted by atomic mass is 32.2. The van der Waals surface area contributed by atoms with Gasteiger partial charge in [-0.1, -0.05) is 19.9 Å². The summed E-state index contributed by atoms with van der Waals surface area (Å²) >= 11 is 0. The van der Waals surface area contributed by atoms with Crippen LogP contribution in [0.15, 0.2) is 47.4 Å². The molecule has 7 nitrogen and oxygen atoms in total. The van der Waals surface area contributed by atoms with Gasteiger partial charge in [0, 0.05) is 12.6 Å². The largest absolute Gasteiger partial charge is 0.497 e. The number of nitrogens with one attached hydrogen (secondary N) is 1. The monoisotopic (exact) mass is 432 g/mol. The fourth-order valence-electron chi connectivity index (χ4n) is 3.24. The van der Waals surface area contributed by atoms with Crippen molar-refractivity contribution in [3.63, 3.8) is 0 Å². The van der Waals surface area contributed by atoms with E-state index < -0.39 is 15.4 Å². The Kier molecular flexibility index (Phi) is 5.99. The molecule has 2 aromatic carbocycles. The van der Waals surface area contributed by atoms with Crippen LogP contribution in [0.3, 0.4) is 0 Å². The highest BCUT2D eigenvalue weighted by Gasteiger charge is 2.38. The molecule has 1 amide bonds. The zero-order valence-corrected chi connectivity index (χ0v) is 18.7. The lowest BCUT2D eigenvalue weighted by Crippen LogP contribution is -2.43. The van der Waals surface area contributed by atoms with Crippen LogP contribution in [0.1, 0.15) is 27.7 Å². The van der Waals surface area contributed by atoms with Crippen molar-refractivity contribution >= 4 is 27.3 Å². The summed E-state index contributed by atoms with van der Waals surface area (Å²) in [5, 5.41) is 0. The summed E-state index contributed by atoms with van der Waals surface area (Å²) in [5.74, 6) is 1.18. The van der Waals surface area contributed by atoms with Crippen LogP contribution < -0.4 is 19.1 Å². The van der Waals surface area contributed by atoms with E-state index in [-0.39, 0.29) is 23.3 Å². The first-order valence-corrected chi connectivity index (χ1v) is 11.3. The first kappa shape index (κ1) is 22.0. The zero-order chi connectivity index (χ0) is 22.1. The lowest BCUT2D eigenvalue weighted by molar-refractivity contribution is -0.127. The van der Waals surface area contributed by atoms with Crippen molar-refractivity contribution in [2.75, 3.05) is 29.9 Å². The van der Waals surface area contributed by atoms with Gasteiger partial charge in [0.2, 0.25) is 5.91 Å². The Morgan fingerprint density at radius 3 is 2.60 bits per heavy atom. The second kappa shape index (κ2) is 8.18. The standard InChI is InChI=1S/C22H28N2O5S/c1-15(2)13-24-19-11-16(9-10-20(19)29-14-22(3,4)21(24)25)23-30(26,27)18-8-6-7-17(12-18)28-5/h6-12,15,23H,13-14H2,1-5H3. The molecule has 8 heteroatoms. The van der Waals surface area contributed by atoms with Gasteiger partial charge in [-0.25, -0.2) is 8.42 Å². The lowest BCUT2D eigenvalue weighted by atomic mass is 9.92. The molecule has 0 fully saturated rings. The highest BCUT2D eigenvalue weighted by molar-refractivity contribution is 7.92. The molecule has 0 bridgehead atoms. The average molecular weight is 433 g/mol. The molecule has 1 N–H and O–H groups in total. The smallest absolute Gasteiger partial charge is 0.262 e. The number of nitrogens with zero attached hydrogens (tertiary/aromatic N) is 1. The third-order valence-corrected chi connectivity index (χ3v) is 6.19. The number of rotatable bonds is 6. The van der Waals surface area contributed by atoms with Gasteiger partial charge in [-0.3, -0.25) is 9.52 Å². The molecule has 0 saturated heterocycles. The van der Waals surface area contributed by atoms with E-state index in [0.29, 0.717) is 29.4 Å². The Morgan fingerprint density at radius 1 is 1.20 bits per heavy atom. The molecular weight excluding hydrogens is 404 g/mol. The number of carbonyl (C=O) groups excluding carboxylic acids is 1. The van der Waals surface area contributed by atoms with Crippen molar-refractivity contribution in [1.29, 1.82) is 0 Å². The molecule has 0 saturated carbocycles. The minimum atomic E-state index is -3.83. The molecule has 0 atom stereocenters. The minimum Gasteiger partial charge on any atom is -0.497 e. The number of benzene rings is 2. The number of hydrogen-bond acceptors (Lipinski definition) is 5. The second-order valence-corrected chi connectivity index (χ2v) is 10.1. The van der Waals surface area contributed by atoms with Crippen LogP contribution in [-0.4, -0.2) is 34.6 Å². The van der Waals surface area contributed by atoms with E-state index in [0.717, 1.165) is 0 Å². The summed E-state index contributed by atoms with van der Waals surface area (Å²) in [7, 11) is -2.35. The summed E-state index contributed by atoms with van der Waals surface area (Å²) in [6, 6.07) is 11.2. The quantitative estimate of drug-likeness (QED) is 0.748. The van der Waals surface area contributed by atoms with Gasteiger partial charge >= 0.3 is 0 Å². The van der Waals surface area contributed by atoms with Crippen LogP contribution >= 0.6 is 0 Å². The summed E-state index contributed by atoms with van der Waals surface area (Å²) < 4.78 is 39.3. The molecular formula is C22H28N2O5S. The molecule has 2 aromatic rings. The molecule has 0 aromatic heterocycles. The number of methoxy groups -OCH3 is 1. The van der Waals surface area contributed by atoms with Crippen molar-refractivity contribution in [3.8, 4) is 11.5 Å². The minimum absolute atomic E-state index is 0.0530. The average Bonchev–Trinajstić information content (AvgIpc) is 2.78. The Hall–Kier alpha value is -2.74.